The average molecular weight is 183 g/mol. The third kappa shape index (κ3) is 1.10. The number of nitrogens with two attached hydrogens (primary N) is 1. The van der Waals surface area contributed by atoms with Gasteiger partial charge >= 0.3 is 5.97 Å². The van der Waals surface area contributed by atoms with Crippen LogP contribution in [0.2, 0.25) is 0 Å². The van der Waals surface area contributed by atoms with Crippen molar-refractivity contribution >= 4 is 5.97 Å². The van der Waals surface area contributed by atoms with Crippen molar-refractivity contribution in [2.24, 2.45) is 17.1 Å². The van der Waals surface area contributed by atoms with E-state index >= 15 is 0 Å². The highest BCUT2D eigenvalue weighted by Crippen LogP contribution is 2.57. The lowest BCUT2D eigenvalue weighted by Gasteiger charge is -2.43. The van der Waals surface area contributed by atoms with E-state index in [1.165, 1.54) is 0 Å². The zero-order chi connectivity index (χ0) is 9.47. The van der Waals surface area contributed by atoms with Crippen LogP contribution >= 0.6 is 0 Å². The maximum Gasteiger partial charge on any atom is 0.312 e. The van der Waals surface area contributed by atoms with Crippen molar-refractivity contribution in [3.63, 3.8) is 0 Å². The molecule has 0 spiro atoms. The third-order valence-electron chi connectivity index (χ3n) is 3.73. The molecule has 3 atom stereocenters. The second-order valence-electron chi connectivity index (χ2n) is 4.22. The summed E-state index contributed by atoms with van der Waals surface area (Å²) in [6.07, 6.45) is 4.03. The highest BCUT2D eigenvalue weighted by atomic mass is 16.5. The summed E-state index contributed by atoms with van der Waals surface area (Å²) in [6, 6.07) is 0.234. The predicted octanol–water partition coefficient (Wildman–Crippen LogP) is 1.07. The first-order valence-electron chi connectivity index (χ1n) is 5.13. The molecule has 0 aliphatic heterocycles. The van der Waals surface area contributed by atoms with Gasteiger partial charge in [-0.3, -0.25) is 4.79 Å². The number of hydrogen-bond donors (Lipinski definition) is 1. The molecule has 3 nitrogen and oxygen atoms in total. The van der Waals surface area contributed by atoms with E-state index in [-0.39, 0.29) is 17.4 Å². The number of carbonyl (C=O) groups is 1. The number of esters is 1. The van der Waals surface area contributed by atoms with Crippen molar-refractivity contribution in [1.29, 1.82) is 0 Å². The van der Waals surface area contributed by atoms with Gasteiger partial charge in [0.1, 0.15) is 0 Å². The second-order valence-corrected chi connectivity index (χ2v) is 4.22. The normalized spacial score (nSPS) is 42.3. The summed E-state index contributed by atoms with van der Waals surface area (Å²) in [5, 5.41) is 0. The second kappa shape index (κ2) is 2.98. The Kier molecular flexibility index (Phi) is 2.06. The van der Waals surface area contributed by atoms with E-state index in [0.717, 1.165) is 25.7 Å². The molecule has 2 rings (SSSR count). The molecule has 3 heteroatoms. The molecule has 74 valence electrons. The fourth-order valence-electron chi connectivity index (χ4n) is 2.85. The van der Waals surface area contributed by atoms with Gasteiger partial charge in [0.05, 0.1) is 12.0 Å². The summed E-state index contributed by atoms with van der Waals surface area (Å²) in [7, 11) is 0. The van der Waals surface area contributed by atoms with Crippen molar-refractivity contribution in [3.05, 3.63) is 0 Å². The molecule has 2 saturated carbocycles. The van der Waals surface area contributed by atoms with Crippen LogP contribution in [-0.4, -0.2) is 18.6 Å². The highest BCUT2D eigenvalue weighted by Gasteiger charge is 2.59. The third-order valence-corrected chi connectivity index (χ3v) is 3.73. The molecule has 0 aromatic heterocycles. The Morgan fingerprint density at radius 1 is 1.54 bits per heavy atom. The highest BCUT2D eigenvalue weighted by molar-refractivity contribution is 5.79. The van der Waals surface area contributed by atoms with Crippen LogP contribution in [-0.2, 0) is 9.53 Å². The van der Waals surface area contributed by atoms with E-state index < -0.39 is 0 Å². The molecule has 0 heterocycles. The average Bonchev–Trinajstić information content (AvgIpc) is 2.23. The molecule has 0 amide bonds. The first-order chi connectivity index (χ1) is 6.20. The number of fused-ring (bicyclic) bond motifs is 1. The quantitative estimate of drug-likeness (QED) is 0.651. The van der Waals surface area contributed by atoms with Gasteiger partial charge in [0.15, 0.2) is 0 Å². The first kappa shape index (κ1) is 9.00. The monoisotopic (exact) mass is 183 g/mol. The Morgan fingerprint density at radius 2 is 2.23 bits per heavy atom. The van der Waals surface area contributed by atoms with Gasteiger partial charge in [-0.15, -0.1) is 0 Å². The van der Waals surface area contributed by atoms with Crippen molar-refractivity contribution in [1.82, 2.24) is 0 Å². The summed E-state index contributed by atoms with van der Waals surface area (Å²) in [5.74, 6) is 0.408. The smallest absolute Gasteiger partial charge is 0.312 e. The largest absolute Gasteiger partial charge is 0.466 e. The van der Waals surface area contributed by atoms with Gasteiger partial charge < -0.3 is 10.5 Å². The number of rotatable bonds is 2. The lowest BCUT2D eigenvalue weighted by atomic mass is 9.61. The van der Waals surface area contributed by atoms with Crippen LogP contribution in [0.5, 0.6) is 0 Å². The molecule has 0 radical (unpaired) electrons. The van der Waals surface area contributed by atoms with E-state index in [4.69, 9.17) is 10.5 Å². The molecule has 0 bridgehead atoms. The Morgan fingerprint density at radius 3 is 2.69 bits per heavy atom. The zero-order valence-electron chi connectivity index (χ0n) is 8.08. The Bertz CT molecular complexity index is 229. The summed E-state index contributed by atoms with van der Waals surface area (Å²) >= 11 is 0. The molecule has 0 unspecified atom stereocenters. The van der Waals surface area contributed by atoms with Gasteiger partial charge in [0.2, 0.25) is 0 Å². The fraction of sp³-hybridized carbons (Fsp3) is 0.900. The van der Waals surface area contributed by atoms with E-state index in [2.05, 4.69) is 0 Å². The lowest BCUT2D eigenvalue weighted by Crippen LogP contribution is -2.48. The van der Waals surface area contributed by atoms with Crippen molar-refractivity contribution in [2.45, 2.75) is 38.6 Å². The summed E-state index contributed by atoms with van der Waals surface area (Å²) in [5.41, 5.74) is 5.76. The molecule has 0 aromatic rings. The summed E-state index contributed by atoms with van der Waals surface area (Å²) < 4.78 is 5.10. The molecule has 2 aliphatic carbocycles. The van der Waals surface area contributed by atoms with Crippen molar-refractivity contribution in [2.75, 3.05) is 6.61 Å². The molecular weight excluding hydrogens is 166 g/mol. The molecule has 2 N–H and O–H groups in total. The van der Waals surface area contributed by atoms with Gasteiger partial charge in [-0.2, -0.15) is 0 Å². The number of ether oxygens (including phenoxy) is 1. The van der Waals surface area contributed by atoms with Crippen LogP contribution in [0.4, 0.5) is 0 Å². The topological polar surface area (TPSA) is 52.3 Å². The molecule has 13 heavy (non-hydrogen) atoms. The Balaban J connectivity index is 2.09. The fourth-order valence-corrected chi connectivity index (χ4v) is 2.85. The van der Waals surface area contributed by atoms with Crippen LogP contribution in [0.3, 0.4) is 0 Å². The predicted molar refractivity (Wildman–Crippen MR) is 49.0 cm³/mol. The molecule has 0 saturated heterocycles. The molecular formula is C10H17NO2. The SMILES string of the molecule is CCOC(=O)[C@@]12CC[C@H](N)[C@@H]1CC2. The van der Waals surface area contributed by atoms with Crippen LogP contribution in [0, 0.1) is 11.3 Å². The summed E-state index contributed by atoms with van der Waals surface area (Å²) in [4.78, 5) is 11.7. The first-order valence-corrected chi connectivity index (χ1v) is 5.13. The minimum atomic E-state index is -0.171. The number of carbonyl (C=O) groups excluding carboxylic acids is 1. The summed E-state index contributed by atoms with van der Waals surface area (Å²) in [6.45, 7) is 2.35. The van der Waals surface area contributed by atoms with Crippen LogP contribution in [0.15, 0.2) is 0 Å². The van der Waals surface area contributed by atoms with Crippen LogP contribution in [0.25, 0.3) is 0 Å². The van der Waals surface area contributed by atoms with Gasteiger partial charge in [-0.1, -0.05) is 0 Å². The van der Waals surface area contributed by atoms with E-state index in [1.807, 2.05) is 6.92 Å². The van der Waals surface area contributed by atoms with Crippen molar-refractivity contribution in [3.8, 4) is 0 Å². The van der Waals surface area contributed by atoms with Crippen LogP contribution < -0.4 is 5.73 Å². The van der Waals surface area contributed by atoms with Gasteiger partial charge in [-0.25, -0.2) is 0 Å². The molecule has 0 aromatic carbocycles. The zero-order valence-corrected chi connectivity index (χ0v) is 8.08. The Hall–Kier alpha value is -0.570. The van der Waals surface area contributed by atoms with E-state index in [0.29, 0.717) is 12.5 Å². The van der Waals surface area contributed by atoms with E-state index in [1.54, 1.807) is 0 Å². The minimum Gasteiger partial charge on any atom is -0.466 e. The lowest BCUT2D eigenvalue weighted by molar-refractivity contribution is -0.165. The van der Waals surface area contributed by atoms with Crippen molar-refractivity contribution < 1.29 is 9.53 Å². The van der Waals surface area contributed by atoms with Gasteiger partial charge in [-0.05, 0) is 38.5 Å². The van der Waals surface area contributed by atoms with Gasteiger partial charge in [0.25, 0.3) is 0 Å². The number of hydrogen-bond acceptors (Lipinski definition) is 3. The standard InChI is InChI=1S/C10H17NO2/c1-2-13-9(12)10-5-3-7(10)8(11)4-6-10/h7-8H,2-6,11H2,1H3/t7-,8-,10-/m0/s1. The Labute approximate surface area is 78.6 Å². The van der Waals surface area contributed by atoms with Gasteiger partial charge in [0, 0.05) is 6.04 Å². The van der Waals surface area contributed by atoms with E-state index in [9.17, 15) is 4.79 Å². The maximum absolute atomic E-state index is 11.7. The molecule has 2 fully saturated rings. The minimum absolute atomic E-state index is 0.000741. The molecule has 2 aliphatic rings. The van der Waals surface area contributed by atoms with Crippen LogP contribution in [0.1, 0.15) is 32.6 Å². The maximum atomic E-state index is 11.7.